The fourth-order valence-corrected chi connectivity index (χ4v) is 1.94. The lowest BCUT2D eigenvalue weighted by Crippen LogP contribution is -2.24. The van der Waals surface area contributed by atoms with Crippen molar-refractivity contribution in [2.45, 2.75) is 40.2 Å². The van der Waals surface area contributed by atoms with Crippen LogP contribution in [0.25, 0.3) is 0 Å². The van der Waals surface area contributed by atoms with Crippen molar-refractivity contribution in [2.24, 2.45) is 0 Å². The average Bonchev–Trinajstić information content (AvgIpc) is 2.31. The Morgan fingerprint density at radius 3 is 2.79 bits per heavy atom. The van der Waals surface area contributed by atoms with Crippen molar-refractivity contribution >= 4 is 0 Å². The Hall–Kier alpha value is -0.820. The minimum absolute atomic E-state index is 1.06. The average molecular weight is 191 g/mol. The zero-order chi connectivity index (χ0) is 10.4. The zero-order valence-electron chi connectivity index (χ0n) is 9.56. The van der Waals surface area contributed by atoms with E-state index in [1.54, 1.807) is 5.56 Å². The molecule has 0 saturated carbocycles. The van der Waals surface area contributed by atoms with Crippen LogP contribution in [0.15, 0.2) is 18.2 Å². The summed E-state index contributed by atoms with van der Waals surface area (Å²) >= 11 is 0. The van der Waals surface area contributed by atoms with Crippen LogP contribution in [-0.4, -0.2) is 6.54 Å². The topological polar surface area (TPSA) is 12.0 Å². The summed E-state index contributed by atoms with van der Waals surface area (Å²) in [5.74, 6) is 0. The molecule has 2 rings (SSSR count). The van der Waals surface area contributed by atoms with E-state index in [9.17, 15) is 0 Å². The lowest BCUT2D eigenvalue weighted by Gasteiger charge is -2.19. The Labute approximate surface area is 87.5 Å². The van der Waals surface area contributed by atoms with Crippen molar-refractivity contribution in [3.8, 4) is 0 Å². The van der Waals surface area contributed by atoms with E-state index in [1.165, 1.54) is 24.0 Å². The Balaban J connectivity index is 0.000000461. The Bertz CT molecular complexity index is 264. The normalized spacial score (nSPS) is 13.9. The first-order chi connectivity index (χ1) is 6.92. The number of nitrogens with one attached hydrogen (secondary N) is 1. The van der Waals surface area contributed by atoms with Gasteiger partial charge in [-0.15, -0.1) is 0 Å². The number of hydrogen-bond donors (Lipinski definition) is 1. The van der Waals surface area contributed by atoms with Crippen LogP contribution in [0, 0.1) is 0 Å². The van der Waals surface area contributed by atoms with Gasteiger partial charge in [0.25, 0.3) is 0 Å². The molecule has 0 amide bonds. The first-order valence-corrected chi connectivity index (χ1v) is 5.72. The van der Waals surface area contributed by atoms with Crippen LogP contribution in [0.2, 0.25) is 0 Å². The molecule has 1 heteroatoms. The molecule has 0 unspecified atom stereocenters. The monoisotopic (exact) mass is 191 g/mol. The van der Waals surface area contributed by atoms with Crippen LogP contribution in [0.4, 0.5) is 0 Å². The SMILES string of the molecule is CC.CCc1cccc2c1CCNC2. The number of aryl methyl sites for hydroxylation is 1. The predicted molar refractivity (Wildman–Crippen MR) is 62.6 cm³/mol. The molecule has 78 valence electrons. The van der Waals surface area contributed by atoms with Gasteiger partial charge in [-0.2, -0.15) is 0 Å². The maximum Gasteiger partial charge on any atom is 0.0208 e. The maximum absolute atomic E-state index is 3.39. The lowest BCUT2D eigenvalue weighted by molar-refractivity contribution is 0.639. The summed E-state index contributed by atoms with van der Waals surface area (Å²) in [5.41, 5.74) is 4.63. The van der Waals surface area contributed by atoms with Gasteiger partial charge in [0.05, 0.1) is 0 Å². The summed E-state index contributed by atoms with van der Waals surface area (Å²) in [5, 5.41) is 3.39. The van der Waals surface area contributed by atoms with Crippen LogP contribution in [0.3, 0.4) is 0 Å². The molecule has 0 radical (unpaired) electrons. The van der Waals surface area contributed by atoms with E-state index >= 15 is 0 Å². The highest BCUT2D eigenvalue weighted by molar-refractivity contribution is 5.36. The summed E-state index contributed by atoms with van der Waals surface area (Å²) in [4.78, 5) is 0. The molecular formula is C13H21N. The van der Waals surface area contributed by atoms with Crippen LogP contribution in [-0.2, 0) is 19.4 Å². The molecule has 1 heterocycles. The summed E-state index contributed by atoms with van der Waals surface area (Å²) in [6.45, 7) is 8.44. The Morgan fingerprint density at radius 2 is 2.07 bits per heavy atom. The Kier molecular flexibility index (Phi) is 4.68. The van der Waals surface area contributed by atoms with Crippen molar-refractivity contribution in [3.63, 3.8) is 0 Å². The van der Waals surface area contributed by atoms with Gasteiger partial charge in [-0.25, -0.2) is 0 Å². The van der Waals surface area contributed by atoms with E-state index in [2.05, 4.69) is 30.4 Å². The van der Waals surface area contributed by atoms with Crippen molar-refractivity contribution < 1.29 is 0 Å². The number of benzene rings is 1. The van der Waals surface area contributed by atoms with E-state index < -0.39 is 0 Å². The van der Waals surface area contributed by atoms with Crippen molar-refractivity contribution in [1.82, 2.24) is 5.32 Å². The highest BCUT2D eigenvalue weighted by Gasteiger charge is 2.10. The summed E-state index contributed by atoms with van der Waals surface area (Å²) in [6.07, 6.45) is 2.38. The second-order valence-corrected chi connectivity index (χ2v) is 3.34. The predicted octanol–water partition coefficient (Wildman–Crippen LogP) is 2.92. The summed E-state index contributed by atoms with van der Waals surface area (Å²) < 4.78 is 0. The number of rotatable bonds is 1. The van der Waals surface area contributed by atoms with Gasteiger partial charge in [-0.3, -0.25) is 0 Å². The highest BCUT2D eigenvalue weighted by atomic mass is 14.9. The second-order valence-electron chi connectivity index (χ2n) is 3.34. The van der Waals surface area contributed by atoms with Gasteiger partial charge in [0.2, 0.25) is 0 Å². The molecule has 1 N–H and O–H groups in total. The van der Waals surface area contributed by atoms with E-state index in [0.717, 1.165) is 13.1 Å². The third-order valence-corrected chi connectivity index (χ3v) is 2.62. The fraction of sp³-hybridized carbons (Fsp3) is 0.538. The molecule has 14 heavy (non-hydrogen) atoms. The van der Waals surface area contributed by atoms with E-state index in [-0.39, 0.29) is 0 Å². The van der Waals surface area contributed by atoms with Crippen LogP contribution in [0.5, 0.6) is 0 Å². The van der Waals surface area contributed by atoms with Crippen LogP contribution >= 0.6 is 0 Å². The minimum Gasteiger partial charge on any atom is -0.312 e. The van der Waals surface area contributed by atoms with E-state index in [0.29, 0.717) is 0 Å². The van der Waals surface area contributed by atoms with Crippen molar-refractivity contribution in [2.75, 3.05) is 6.54 Å². The largest absolute Gasteiger partial charge is 0.312 e. The van der Waals surface area contributed by atoms with Gasteiger partial charge < -0.3 is 5.32 Å². The standard InChI is InChI=1S/C11H15N.C2H6/c1-2-9-4-3-5-10-8-12-7-6-11(9)10;1-2/h3-5,12H,2,6-8H2,1H3;1-2H3. The molecule has 1 aliphatic rings. The molecule has 1 nitrogen and oxygen atoms in total. The van der Waals surface area contributed by atoms with Gasteiger partial charge in [-0.05, 0) is 36.1 Å². The maximum atomic E-state index is 3.39. The van der Waals surface area contributed by atoms with Gasteiger partial charge in [0.15, 0.2) is 0 Å². The molecule has 0 aromatic heterocycles. The van der Waals surface area contributed by atoms with Crippen molar-refractivity contribution in [3.05, 3.63) is 34.9 Å². The third-order valence-electron chi connectivity index (χ3n) is 2.62. The smallest absolute Gasteiger partial charge is 0.0208 e. The van der Waals surface area contributed by atoms with Gasteiger partial charge in [0.1, 0.15) is 0 Å². The van der Waals surface area contributed by atoms with E-state index in [1.807, 2.05) is 13.8 Å². The first kappa shape index (κ1) is 11.3. The van der Waals surface area contributed by atoms with Gasteiger partial charge in [-0.1, -0.05) is 39.0 Å². The number of hydrogen-bond acceptors (Lipinski definition) is 1. The summed E-state index contributed by atoms with van der Waals surface area (Å²) in [6, 6.07) is 6.66. The molecule has 0 aliphatic carbocycles. The Morgan fingerprint density at radius 1 is 1.29 bits per heavy atom. The molecule has 0 spiro atoms. The first-order valence-electron chi connectivity index (χ1n) is 5.72. The van der Waals surface area contributed by atoms with Crippen LogP contribution < -0.4 is 5.32 Å². The molecule has 1 aromatic carbocycles. The molecular weight excluding hydrogens is 170 g/mol. The molecule has 1 aromatic rings. The van der Waals surface area contributed by atoms with Crippen LogP contribution in [0.1, 0.15) is 37.5 Å². The fourth-order valence-electron chi connectivity index (χ4n) is 1.94. The molecule has 0 saturated heterocycles. The van der Waals surface area contributed by atoms with Gasteiger partial charge in [0, 0.05) is 6.54 Å². The number of fused-ring (bicyclic) bond motifs is 1. The van der Waals surface area contributed by atoms with Crippen molar-refractivity contribution in [1.29, 1.82) is 0 Å². The molecule has 1 aliphatic heterocycles. The minimum atomic E-state index is 1.06. The molecule has 0 fully saturated rings. The third kappa shape index (κ3) is 2.36. The van der Waals surface area contributed by atoms with E-state index in [4.69, 9.17) is 0 Å². The lowest BCUT2D eigenvalue weighted by atomic mass is 9.94. The van der Waals surface area contributed by atoms with Gasteiger partial charge >= 0.3 is 0 Å². The highest BCUT2D eigenvalue weighted by Crippen LogP contribution is 2.18. The second kappa shape index (κ2) is 5.82. The zero-order valence-corrected chi connectivity index (χ0v) is 9.56. The summed E-state index contributed by atoms with van der Waals surface area (Å²) in [7, 11) is 0. The molecule has 0 atom stereocenters. The quantitative estimate of drug-likeness (QED) is 0.719. The molecule has 0 bridgehead atoms.